The van der Waals surface area contributed by atoms with Crippen molar-refractivity contribution in [3.8, 4) is 0 Å². The fourth-order valence-electron chi connectivity index (χ4n) is 1.10. The molecule has 1 aromatic rings. The molecule has 104 valence electrons. The number of nitrogens with one attached hydrogen (secondary N) is 1. The molecule has 0 saturated carbocycles. The second kappa shape index (κ2) is 6.37. The number of halogens is 4. The summed E-state index contributed by atoms with van der Waals surface area (Å²) in [7, 11) is -3.78. The monoisotopic (exact) mass is 304 g/mol. The molecule has 0 aromatic heterocycles. The number of sulfonamides is 1. The van der Waals surface area contributed by atoms with Crippen LogP contribution in [0.5, 0.6) is 0 Å². The molecule has 0 aliphatic carbocycles. The Balaban J connectivity index is 0.00000289. The number of rotatable bonds is 4. The molecule has 18 heavy (non-hydrogen) atoms. The summed E-state index contributed by atoms with van der Waals surface area (Å²) in [5.74, 6) is 0. The van der Waals surface area contributed by atoms with Crippen molar-refractivity contribution < 1.29 is 21.6 Å². The number of alkyl halides is 3. The summed E-state index contributed by atoms with van der Waals surface area (Å²) in [5, 5.41) is 0. The van der Waals surface area contributed by atoms with Crippen LogP contribution in [-0.4, -0.2) is 21.5 Å². The Hall–Kier alpha value is -0.830. The van der Waals surface area contributed by atoms with Crippen LogP contribution < -0.4 is 10.5 Å². The van der Waals surface area contributed by atoms with Gasteiger partial charge in [-0.25, -0.2) is 13.1 Å². The molecule has 3 N–H and O–H groups in total. The van der Waals surface area contributed by atoms with Gasteiger partial charge < -0.3 is 5.73 Å². The van der Waals surface area contributed by atoms with Crippen LogP contribution in [0.2, 0.25) is 0 Å². The summed E-state index contributed by atoms with van der Waals surface area (Å²) in [4.78, 5) is -0.223. The zero-order chi connectivity index (χ0) is 13.1. The summed E-state index contributed by atoms with van der Waals surface area (Å²) in [6.45, 7) is 0.142. The van der Waals surface area contributed by atoms with Gasteiger partial charge in [0.25, 0.3) is 0 Å². The van der Waals surface area contributed by atoms with E-state index < -0.39 is 21.8 Å². The second-order valence-corrected chi connectivity index (χ2v) is 4.98. The first kappa shape index (κ1) is 17.2. The lowest BCUT2D eigenvalue weighted by Crippen LogP contribution is -2.29. The Kier molecular flexibility index (Phi) is 6.08. The van der Waals surface area contributed by atoms with E-state index >= 15 is 0 Å². The Morgan fingerprint density at radius 1 is 1.17 bits per heavy atom. The highest BCUT2D eigenvalue weighted by Gasteiger charge is 2.30. The third-order valence-corrected chi connectivity index (χ3v) is 3.41. The summed E-state index contributed by atoms with van der Waals surface area (Å²) in [5.41, 5.74) is 4.23. The summed E-state index contributed by atoms with van der Waals surface area (Å²) >= 11 is 0. The molecule has 0 heterocycles. The summed E-state index contributed by atoms with van der Waals surface area (Å²) in [6, 6.07) is 3.25. The van der Waals surface area contributed by atoms with Crippen LogP contribution in [-0.2, 0) is 16.2 Å². The molecule has 0 aliphatic rings. The summed E-state index contributed by atoms with van der Waals surface area (Å²) in [6.07, 6.45) is -4.48. The van der Waals surface area contributed by atoms with Crippen LogP contribution >= 0.6 is 12.4 Å². The lowest BCUT2D eigenvalue weighted by atomic mass is 10.2. The second-order valence-electron chi connectivity index (χ2n) is 3.21. The number of hydrogen-bond acceptors (Lipinski definition) is 3. The molecular formula is C9H12ClF3N2O2S. The van der Waals surface area contributed by atoms with Crippen molar-refractivity contribution in [1.82, 2.24) is 4.72 Å². The lowest BCUT2D eigenvalue weighted by Gasteiger charge is -2.08. The Morgan fingerprint density at radius 2 is 1.67 bits per heavy atom. The molecule has 0 radical (unpaired) electrons. The maximum absolute atomic E-state index is 12.2. The molecule has 1 aromatic carbocycles. The average Bonchev–Trinajstić information content (AvgIpc) is 2.25. The van der Waals surface area contributed by atoms with Crippen LogP contribution in [0.25, 0.3) is 0 Å². The Labute approximate surface area is 109 Å². The molecular weight excluding hydrogens is 293 g/mol. The van der Waals surface area contributed by atoms with E-state index in [0.717, 1.165) is 24.3 Å². The first-order valence-corrected chi connectivity index (χ1v) is 6.12. The van der Waals surface area contributed by atoms with E-state index in [9.17, 15) is 21.6 Å². The molecule has 1 rings (SSSR count). The molecule has 0 aliphatic heterocycles. The van der Waals surface area contributed by atoms with Crippen molar-refractivity contribution in [2.75, 3.05) is 13.1 Å². The highest BCUT2D eigenvalue weighted by Crippen LogP contribution is 2.29. The first-order valence-electron chi connectivity index (χ1n) is 4.64. The van der Waals surface area contributed by atoms with Gasteiger partial charge in [0, 0.05) is 13.1 Å². The van der Waals surface area contributed by atoms with Crippen molar-refractivity contribution in [2.24, 2.45) is 5.73 Å². The van der Waals surface area contributed by atoms with Crippen molar-refractivity contribution in [3.63, 3.8) is 0 Å². The van der Waals surface area contributed by atoms with Crippen LogP contribution in [0.1, 0.15) is 5.56 Å². The number of hydrogen-bond donors (Lipinski definition) is 2. The van der Waals surface area contributed by atoms with Crippen molar-refractivity contribution >= 4 is 22.4 Å². The smallest absolute Gasteiger partial charge is 0.329 e. The number of nitrogens with two attached hydrogens (primary N) is 1. The van der Waals surface area contributed by atoms with Crippen molar-refractivity contribution in [2.45, 2.75) is 11.1 Å². The van der Waals surface area contributed by atoms with Gasteiger partial charge in [0.2, 0.25) is 10.0 Å². The van der Waals surface area contributed by atoms with E-state index in [1.54, 1.807) is 0 Å². The fraction of sp³-hybridized carbons (Fsp3) is 0.333. The van der Waals surface area contributed by atoms with Gasteiger partial charge in [0.05, 0.1) is 10.5 Å². The highest BCUT2D eigenvalue weighted by molar-refractivity contribution is 7.89. The zero-order valence-electron chi connectivity index (χ0n) is 9.07. The molecule has 0 atom stereocenters. The van der Waals surface area contributed by atoms with Crippen LogP contribution in [0.3, 0.4) is 0 Å². The van der Waals surface area contributed by atoms with Gasteiger partial charge in [0.15, 0.2) is 0 Å². The van der Waals surface area contributed by atoms with Crippen LogP contribution in [0, 0.1) is 0 Å². The van der Waals surface area contributed by atoms with E-state index in [-0.39, 0.29) is 30.4 Å². The van der Waals surface area contributed by atoms with Crippen LogP contribution in [0.4, 0.5) is 13.2 Å². The quantitative estimate of drug-likeness (QED) is 0.882. The lowest BCUT2D eigenvalue weighted by molar-refractivity contribution is -0.137. The van der Waals surface area contributed by atoms with Gasteiger partial charge >= 0.3 is 6.18 Å². The third-order valence-electron chi connectivity index (χ3n) is 1.93. The number of benzene rings is 1. The standard InChI is InChI=1S/C9H11F3N2O2S.ClH/c10-9(11,12)7-1-3-8(4-2-7)17(15,16)14-6-5-13;/h1-4,14H,5-6,13H2;1H. The average molecular weight is 305 g/mol. The summed E-state index contributed by atoms with van der Waals surface area (Å²) < 4.78 is 61.9. The molecule has 0 spiro atoms. The topological polar surface area (TPSA) is 72.2 Å². The van der Waals surface area contributed by atoms with Gasteiger partial charge in [-0.2, -0.15) is 13.2 Å². The molecule has 9 heteroatoms. The van der Waals surface area contributed by atoms with Crippen molar-refractivity contribution in [3.05, 3.63) is 29.8 Å². The predicted octanol–water partition coefficient (Wildman–Crippen LogP) is 1.36. The van der Waals surface area contributed by atoms with Gasteiger partial charge in [0.1, 0.15) is 0 Å². The molecule has 0 amide bonds. The normalized spacial score (nSPS) is 12.0. The Bertz CT molecular complexity index is 474. The molecule has 0 bridgehead atoms. The van der Waals surface area contributed by atoms with E-state index in [1.165, 1.54) is 0 Å². The van der Waals surface area contributed by atoms with Gasteiger partial charge in [-0.1, -0.05) is 0 Å². The van der Waals surface area contributed by atoms with Crippen molar-refractivity contribution in [1.29, 1.82) is 0 Å². The highest BCUT2D eigenvalue weighted by atomic mass is 35.5. The minimum atomic E-state index is -4.48. The zero-order valence-corrected chi connectivity index (χ0v) is 10.7. The largest absolute Gasteiger partial charge is 0.416 e. The van der Waals surface area contributed by atoms with E-state index in [4.69, 9.17) is 5.73 Å². The minimum absolute atomic E-state index is 0. The molecule has 0 fully saturated rings. The third kappa shape index (κ3) is 4.45. The van der Waals surface area contributed by atoms with Crippen LogP contribution in [0.15, 0.2) is 29.2 Å². The van der Waals surface area contributed by atoms with Gasteiger partial charge in [-0.15, -0.1) is 12.4 Å². The van der Waals surface area contributed by atoms with E-state index in [0.29, 0.717) is 0 Å². The Morgan fingerprint density at radius 3 is 2.06 bits per heavy atom. The predicted molar refractivity (Wildman–Crippen MR) is 62.9 cm³/mol. The maximum atomic E-state index is 12.2. The fourth-order valence-corrected chi connectivity index (χ4v) is 2.15. The van der Waals surface area contributed by atoms with E-state index in [1.807, 2.05) is 0 Å². The minimum Gasteiger partial charge on any atom is -0.329 e. The molecule has 0 unspecified atom stereocenters. The van der Waals surface area contributed by atoms with Gasteiger partial charge in [-0.3, -0.25) is 0 Å². The molecule has 4 nitrogen and oxygen atoms in total. The SMILES string of the molecule is Cl.NCCNS(=O)(=O)c1ccc(C(F)(F)F)cc1. The van der Waals surface area contributed by atoms with Gasteiger partial charge in [-0.05, 0) is 24.3 Å². The van der Waals surface area contributed by atoms with E-state index in [2.05, 4.69) is 4.72 Å². The molecule has 0 saturated heterocycles. The first-order chi connectivity index (χ1) is 7.77. The maximum Gasteiger partial charge on any atom is 0.416 e.